The average Bonchev–Trinajstić information content (AvgIpc) is 2.96. The Kier molecular flexibility index (Phi) is 5.11. The van der Waals surface area contributed by atoms with Crippen LogP contribution in [0.5, 0.6) is 0 Å². The lowest BCUT2D eigenvalue weighted by Gasteiger charge is -2.09. The van der Waals surface area contributed by atoms with Crippen molar-refractivity contribution in [2.24, 2.45) is 5.92 Å². The van der Waals surface area contributed by atoms with E-state index in [1.165, 1.54) is 0 Å². The number of fused-ring (bicyclic) bond motifs is 2. The van der Waals surface area contributed by atoms with Gasteiger partial charge in [0.05, 0.1) is 23.3 Å². The number of nitrogens with zero attached hydrogens (tertiary/aromatic N) is 3. The van der Waals surface area contributed by atoms with E-state index in [1.54, 1.807) is 16.7 Å². The van der Waals surface area contributed by atoms with Crippen molar-refractivity contribution in [3.05, 3.63) is 59.1 Å². The van der Waals surface area contributed by atoms with Gasteiger partial charge >= 0.3 is 5.97 Å². The Hall–Kier alpha value is -3.12. The lowest BCUT2D eigenvalue weighted by Crippen LogP contribution is -2.11. The molecule has 0 atom stereocenters. The van der Waals surface area contributed by atoms with Crippen LogP contribution in [-0.4, -0.2) is 27.1 Å². The van der Waals surface area contributed by atoms with Gasteiger partial charge in [-0.1, -0.05) is 43.6 Å². The summed E-state index contributed by atoms with van der Waals surface area (Å²) in [6.07, 6.45) is 0.771. The van der Waals surface area contributed by atoms with E-state index < -0.39 is 5.97 Å². The normalized spacial score (nSPS) is 11.4. The molecule has 2 aromatic heterocycles. The molecule has 0 aliphatic carbocycles. The first-order valence-electron chi connectivity index (χ1n) is 9.45. The number of carbonyl (C=O) groups is 1. The largest absolute Gasteiger partial charge is 0.462 e. The number of nitrogens with two attached hydrogens (primary N) is 1. The summed E-state index contributed by atoms with van der Waals surface area (Å²) in [5.74, 6) is 0.155. The van der Waals surface area contributed by atoms with Gasteiger partial charge in [-0.05, 0) is 42.7 Å². The van der Waals surface area contributed by atoms with Gasteiger partial charge in [0.1, 0.15) is 16.9 Å². The van der Waals surface area contributed by atoms with Crippen LogP contribution >= 0.6 is 11.6 Å². The van der Waals surface area contributed by atoms with E-state index in [0.717, 1.165) is 6.42 Å². The van der Waals surface area contributed by atoms with Crippen LogP contribution in [0.1, 0.15) is 30.6 Å². The molecule has 148 valence electrons. The zero-order valence-corrected chi connectivity index (χ0v) is 17.0. The van der Waals surface area contributed by atoms with Gasteiger partial charge < -0.3 is 10.5 Å². The SMILES string of the molecule is CC(C)CCOC(=O)c1c(N)n(-c2cccc(Cl)c2)c2nc3ccccc3nc12. The third kappa shape index (κ3) is 3.63. The Bertz CT molecular complexity index is 1220. The molecule has 0 radical (unpaired) electrons. The lowest BCUT2D eigenvalue weighted by atomic mass is 10.1. The Balaban J connectivity index is 1.93. The van der Waals surface area contributed by atoms with E-state index in [-0.39, 0.29) is 11.4 Å². The number of carbonyl (C=O) groups excluding carboxylic acids is 1. The first-order valence-corrected chi connectivity index (χ1v) is 9.83. The lowest BCUT2D eigenvalue weighted by molar-refractivity contribution is 0.0491. The molecule has 2 N–H and O–H groups in total. The number of halogens is 1. The summed E-state index contributed by atoms with van der Waals surface area (Å²) >= 11 is 6.18. The second-order valence-electron chi connectivity index (χ2n) is 7.28. The van der Waals surface area contributed by atoms with Crippen molar-refractivity contribution in [3.8, 4) is 5.69 Å². The maximum Gasteiger partial charge on any atom is 0.344 e. The number of benzene rings is 2. The summed E-state index contributed by atoms with van der Waals surface area (Å²) in [6, 6.07) is 14.7. The number of hydrogen-bond acceptors (Lipinski definition) is 5. The molecule has 0 aliphatic heterocycles. The van der Waals surface area contributed by atoms with Gasteiger partial charge in [-0.15, -0.1) is 0 Å². The molecular weight excluding hydrogens is 388 g/mol. The van der Waals surface area contributed by atoms with Crippen molar-refractivity contribution in [3.63, 3.8) is 0 Å². The topological polar surface area (TPSA) is 83.0 Å². The van der Waals surface area contributed by atoms with Crippen LogP contribution in [-0.2, 0) is 4.74 Å². The first kappa shape index (κ1) is 19.2. The summed E-state index contributed by atoms with van der Waals surface area (Å²) < 4.78 is 7.18. The third-order valence-electron chi connectivity index (χ3n) is 4.70. The average molecular weight is 409 g/mol. The highest BCUT2D eigenvalue weighted by atomic mass is 35.5. The van der Waals surface area contributed by atoms with Gasteiger partial charge in [-0.3, -0.25) is 4.57 Å². The second-order valence-corrected chi connectivity index (χ2v) is 7.71. The number of esters is 1. The molecular formula is C22H21ClN4O2. The molecule has 4 rings (SSSR count). The van der Waals surface area contributed by atoms with Crippen molar-refractivity contribution < 1.29 is 9.53 Å². The molecule has 6 nitrogen and oxygen atoms in total. The van der Waals surface area contributed by atoms with E-state index in [9.17, 15) is 4.79 Å². The van der Waals surface area contributed by atoms with Gasteiger partial charge in [-0.2, -0.15) is 0 Å². The quantitative estimate of drug-likeness (QED) is 0.469. The Morgan fingerprint density at radius 1 is 1.14 bits per heavy atom. The van der Waals surface area contributed by atoms with Gasteiger partial charge in [-0.25, -0.2) is 14.8 Å². The summed E-state index contributed by atoms with van der Waals surface area (Å²) in [4.78, 5) is 22.3. The van der Waals surface area contributed by atoms with Crippen molar-refractivity contribution in [2.75, 3.05) is 12.3 Å². The molecule has 7 heteroatoms. The van der Waals surface area contributed by atoms with Gasteiger partial charge in [0.2, 0.25) is 0 Å². The molecule has 0 saturated heterocycles. The maximum absolute atomic E-state index is 12.9. The van der Waals surface area contributed by atoms with Crippen LogP contribution in [0, 0.1) is 5.92 Å². The predicted octanol–water partition coefficient (Wildman–Crippen LogP) is 5.01. The molecule has 2 heterocycles. The minimum Gasteiger partial charge on any atom is -0.462 e. The van der Waals surface area contributed by atoms with E-state index in [0.29, 0.717) is 45.4 Å². The molecule has 29 heavy (non-hydrogen) atoms. The number of nitrogen functional groups attached to an aromatic ring is 1. The monoisotopic (exact) mass is 408 g/mol. The van der Waals surface area contributed by atoms with Crippen molar-refractivity contribution in [2.45, 2.75) is 20.3 Å². The van der Waals surface area contributed by atoms with Crippen LogP contribution < -0.4 is 5.73 Å². The molecule has 0 spiro atoms. The van der Waals surface area contributed by atoms with E-state index in [1.807, 2.05) is 36.4 Å². The molecule has 0 bridgehead atoms. The number of anilines is 1. The van der Waals surface area contributed by atoms with E-state index >= 15 is 0 Å². The third-order valence-corrected chi connectivity index (χ3v) is 4.93. The molecule has 0 amide bonds. The van der Waals surface area contributed by atoms with Crippen LogP contribution in [0.15, 0.2) is 48.5 Å². The van der Waals surface area contributed by atoms with Crippen LogP contribution in [0.3, 0.4) is 0 Å². The summed E-state index contributed by atoms with van der Waals surface area (Å²) in [5, 5.41) is 0.554. The fourth-order valence-electron chi connectivity index (χ4n) is 3.20. The summed E-state index contributed by atoms with van der Waals surface area (Å²) in [5.41, 5.74) is 9.64. The molecule has 0 fully saturated rings. The molecule has 0 aliphatic rings. The number of hydrogen-bond donors (Lipinski definition) is 1. The van der Waals surface area contributed by atoms with Crippen LogP contribution in [0.4, 0.5) is 5.82 Å². The van der Waals surface area contributed by atoms with E-state index in [4.69, 9.17) is 27.1 Å². The van der Waals surface area contributed by atoms with Crippen molar-refractivity contribution in [1.82, 2.24) is 14.5 Å². The van der Waals surface area contributed by atoms with Crippen molar-refractivity contribution >= 4 is 45.6 Å². The number of aromatic nitrogens is 3. The fourth-order valence-corrected chi connectivity index (χ4v) is 3.38. The molecule has 4 aromatic rings. The van der Waals surface area contributed by atoms with Crippen LogP contribution in [0.25, 0.3) is 27.9 Å². The summed E-state index contributed by atoms with van der Waals surface area (Å²) in [6.45, 7) is 4.47. The number of para-hydroxylation sites is 2. The van der Waals surface area contributed by atoms with Crippen LogP contribution in [0.2, 0.25) is 5.02 Å². The highest BCUT2D eigenvalue weighted by Gasteiger charge is 2.26. The predicted molar refractivity (Wildman–Crippen MR) is 116 cm³/mol. The van der Waals surface area contributed by atoms with Gasteiger partial charge in [0.15, 0.2) is 5.65 Å². The molecule has 0 saturated carbocycles. The molecule has 0 unspecified atom stereocenters. The van der Waals surface area contributed by atoms with Gasteiger partial charge in [0.25, 0.3) is 0 Å². The standard InChI is InChI=1S/C22H21ClN4O2/c1-13(2)10-11-29-22(28)18-19-21(26-17-9-4-3-8-16(17)25-19)27(20(18)24)15-7-5-6-14(23)12-15/h3-9,12-13H,10-11,24H2,1-2H3. The fraction of sp³-hybridized carbons (Fsp3) is 0.227. The maximum atomic E-state index is 12.9. The Morgan fingerprint density at radius 2 is 1.86 bits per heavy atom. The Labute approximate surface area is 173 Å². The zero-order chi connectivity index (χ0) is 20.5. The minimum absolute atomic E-state index is 0.224. The number of ether oxygens (including phenoxy) is 1. The highest BCUT2D eigenvalue weighted by Crippen LogP contribution is 2.32. The second kappa shape index (κ2) is 7.72. The minimum atomic E-state index is -0.501. The zero-order valence-electron chi connectivity index (χ0n) is 16.2. The van der Waals surface area contributed by atoms with E-state index in [2.05, 4.69) is 18.8 Å². The highest BCUT2D eigenvalue weighted by molar-refractivity contribution is 6.30. The molecule has 2 aromatic carbocycles. The van der Waals surface area contributed by atoms with Gasteiger partial charge in [0, 0.05) is 5.02 Å². The summed E-state index contributed by atoms with van der Waals surface area (Å²) in [7, 11) is 0. The first-order chi connectivity index (χ1) is 14.0. The smallest absolute Gasteiger partial charge is 0.344 e. The van der Waals surface area contributed by atoms with Crippen molar-refractivity contribution in [1.29, 1.82) is 0 Å². The number of rotatable bonds is 5. The Morgan fingerprint density at radius 3 is 2.55 bits per heavy atom.